The molecule has 1 aliphatic carbocycles. The fourth-order valence-electron chi connectivity index (χ4n) is 2.99. The minimum atomic E-state index is 0.473. The van der Waals surface area contributed by atoms with Crippen LogP contribution in [0.3, 0.4) is 0 Å². The summed E-state index contributed by atoms with van der Waals surface area (Å²) >= 11 is 0. The lowest BCUT2D eigenvalue weighted by Gasteiger charge is -2.27. The van der Waals surface area contributed by atoms with Crippen LogP contribution in [0, 0.1) is 12.8 Å². The number of nitrogens with zero attached hydrogens (tertiary/aromatic N) is 3. The fourth-order valence-corrected chi connectivity index (χ4v) is 2.99. The van der Waals surface area contributed by atoms with Crippen LogP contribution in [0.1, 0.15) is 44.2 Å². The van der Waals surface area contributed by atoms with Crippen molar-refractivity contribution in [1.82, 2.24) is 14.5 Å². The number of pyridine rings is 1. The van der Waals surface area contributed by atoms with E-state index in [0.717, 1.165) is 22.6 Å². The molecule has 0 amide bonds. The minimum absolute atomic E-state index is 0.473. The molecule has 0 spiro atoms. The normalized spacial score (nSPS) is 24.6. The number of nitrogens with two attached hydrogens (primary N) is 1. The van der Waals surface area contributed by atoms with E-state index in [0.29, 0.717) is 12.0 Å². The third-order valence-electron chi connectivity index (χ3n) is 4.16. The van der Waals surface area contributed by atoms with Crippen LogP contribution in [0.5, 0.6) is 0 Å². The zero-order chi connectivity index (χ0) is 12.7. The highest BCUT2D eigenvalue weighted by Crippen LogP contribution is 2.35. The molecule has 1 saturated carbocycles. The number of anilines is 1. The molecule has 96 valence electrons. The lowest BCUT2D eigenvalue weighted by atomic mass is 9.87. The summed E-state index contributed by atoms with van der Waals surface area (Å²) < 4.78 is 2.15. The number of imidazole rings is 1. The van der Waals surface area contributed by atoms with Crippen molar-refractivity contribution in [2.75, 3.05) is 5.73 Å². The summed E-state index contributed by atoms with van der Waals surface area (Å²) in [5.41, 5.74) is 9.15. The number of fused-ring (bicyclic) bond motifs is 1. The quantitative estimate of drug-likeness (QED) is 0.838. The molecular formula is C14H20N4. The number of hydrogen-bond acceptors (Lipinski definition) is 3. The Labute approximate surface area is 107 Å². The van der Waals surface area contributed by atoms with E-state index in [-0.39, 0.29) is 0 Å². The molecule has 1 fully saturated rings. The van der Waals surface area contributed by atoms with Crippen molar-refractivity contribution < 1.29 is 0 Å². The van der Waals surface area contributed by atoms with Gasteiger partial charge in [0.25, 0.3) is 0 Å². The Bertz CT molecular complexity index is 564. The van der Waals surface area contributed by atoms with Gasteiger partial charge in [-0.3, -0.25) is 4.57 Å². The Kier molecular flexibility index (Phi) is 2.73. The first kappa shape index (κ1) is 11.5. The summed E-state index contributed by atoms with van der Waals surface area (Å²) in [7, 11) is 0. The Hall–Kier alpha value is -1.58. The summed E-state index contributed by atoms with van der Waals surface area (Å²) in [5, 5.41) is 0. The van der Waals surface area contributed by atoms with Crippen molar-refractivity contribution in [3.05, 3.63) is 17.8 Å². The highest BCUT2D eigenvalue weighted by atomic mass is 15.2. The van der Waals surface area contributed by atoms with Crippen LogP contribution in [0.2, 0.25) is 0 Å². The molecular weight excluding hydrogens is 224 g/mol. The summed E-state index contributed by atoms with van der Waals surface area (Å²) in [5.74, 6) is 1.46. The first-order chi connectivity index (χ1) is 8.66. The predicted molar refractivity (Wildman–Crippen MR) is 73.3 cm³/mol. The fraction of sp³-hybridized carbons (Fsp3) is 0.571. The summed E-state index contributed by atoms with van der Waals surface area (Å²) in [4.78, 5) is 8.96. The van der Waals surface area contributed by atoms with Crippen LogP contribution in [0.25, 0.3) is 11.2 Å². The Morgan fingerprint density at radius 2 is 2.00 bits per heavy atom. The maximum absolute atomic E-state index is 6.10. The molecule has 0 bridgehead atoms. The van der Waals surface area contributed by atoms with E-state index in [4.69, 9.17) is 5.73 Å². The Morgan fingerprint density at radius 1 is 1.28 bits per heavy atom. The van der Waals surface area contributed by atoms with Gasteiger partial charge in [-0.15, -0.1) is 0 Å². The third kappa shape index (κ3) is 1.76. The molecule has 2 N–H and O–H groups in total. The van der Waals surface area contributed by atoms with E-state index in [2.05, 4.69) is 28.4 Å². The molecule has 0 aromatic carbocycles. The van der Waals surface area contributed by atoms with E-state index in [1.54, 1.807) is 0 Å². The Balaban J connectivity index is 2.06. The van der Waals surface area contributed by atoms with Gasteiger partial charge in [-0.05, 0) is 50.2 Å². The predicted octanol–water partition coefficient (Wildman–Crippen LogP) is 3.07. The van der Waals surface area contributed by atoms with E-state index in [1.807, 2.05) is 12.3 Å². The molecule has 2 aromatic heterocycles. The van der Waals surface area contributed by atoms with Gasteiger partial charge >= 0.3 is 0 Å². The standard InChI is InChI=1S/C14H20N4/c1-9-3-5-11(6-4-9)18-13-12(17-14(18)15)10(2)7-8-16-13/h7-9,11H,3-6H2,1-2H3,(H2,15,17). The van der Waals surface area contributed by atoms with E-state index in [1.165, 1.54) is 25.7 Å². The molecule has 1 aliphatic rings. The molecule has 18 heavy (non-hydrogen) atoms. The number of rotatable bonds is 1. The Morgan fingerprint density at radius 3 is 2.72 bits per heavy atom. The van der Waals surface area contributed by atoms with Gasteiger partial charge in [-0.2, -0.15) is 0 Å². The second-order valence-corrected chi connectivity index (χ2v) is 5.55. The molecule has 0 atom stereocenters. The molecule has 0 saturated heterocycles. The van der Waals surface area contributed by atoms with Crippen molar-refractivity contribution in [1.29, 1.82) is 0 Å². The second-order valence-electron chi connectivity index (χ2n) is 5.55. The third-order valence-corrected chi connectivity index (χ3v) is 4.16. The van der Waals surface area contributed by atoms with Crippen LogP contribution in [-0.4, -0.2) is 14.5 Å². The van der Waals surface area contributed by atoms with Gasteiger partial charge in [0.2, 0.25) is 5.95 Å². The highest BCUT2D eigenvalue weighted by molar-refractivity contribution is 5.77. The van der Waals surface area contributed by atoms with Crippen molar-refractivity contribution in [2.45, 2.75) is 45.6 Å². The van der Waals surface area contributed by atoms with E-state index < -0.39 is 0 Å². The molecule has 2 heterocycles. The van der Waals surface area contributed by atoms with Gasteiger partial charge in [-0.25, -0.2) is 9.97 Å². The van der Waals surface area contributed by atoms with Crippen molar-refractivity contribution in [2.24, 2.45) is 5.92 Å². The van der Waals surface area contributed by atoms with Gasteiger partial charge in [0.05, 0.1) is 0 Å². The summed E-state index contributed by atoms with van der Waals surface area (Å²) in [6, 6.07) is 2.46. The molecule has 0 unspecified atom stereocenters. The molecule has 0 aliphatic heterocycles. The van der Waals surface area contributed by atoms with Crippen molar-refractivity contribution in [3.63, 3.8) is 0 Å². The van der Waals surface area contributed by atoms with Gasteiger partial charge < -0.3 is 5.73 Å². The maximum Gasteiger partial charge on any atom is 0.202 e. The monoisotopic (exact) mass is 244 g/mol. The number of aryl methyl sites for hydroxylation is 1. The zero-order valence-corrected chi connectivity index (χ0v) is 11.1. The summed E-state index contributed by atoms with van der Waals surface area (Å²) in [6.45, 7) is 4.39. The number of aromatic nitrogens is 3. The lowest BCUT2D eigenvalue weighted by Crippen LogP contribution is -2.18. The molecule has 2 aromatic rings. The van der Waals surface area contributed by atoms with Crippen molar-refractivity contribution in [3.8, 4) is 0 Å². The first-order valence-electron chi connectivity index (χ1n) is 6.76. The summed E-state index contributed by atoms with van der Waals surface area (Å²) in [6.07, 6.45) is 6.77. The van der Waals surface area contributed by atoms with Crippen LogP contribution in [0.4, 0.5) is 5.95 Å². The SMILES string of the molecule is Cc1ccnc2c1nc(N)n2C1CCC(C)CC1. The van der Waals surface area contributed by atoms with Crippen molar-refractivity contribution >= 4 is 17.1 Å². The van der Waals surface area contributed by atoms with Crippen LogP contribution >= 0.6 is 0 Å². The van der Waals surface area contributed by atoms with Gasteiger partial charge in [0.1, 0.15) is 5.52 Å². The molecule has 4 nitrogen and oxygen atoms in total. The topological polar surface area (TPSA) is 56.7 Å². The van der Waals surface area contributed by atoms with E-state index >= 15 is 0 Å². The van der Waals surface area contributed by atoms with Crippen LogP contribution in [-0.2, 0) is 0 Å². The average molecular weight is 244 g/mol. The molecule has 0 radical (unpaired) electrons. The molecule has 3 rings (SSSR count). The van der Waals surface area contributed by atoms with Gasteiger partial charge in [0.15, 0.2) is 5.65 Å². The van der Waals surface area contributed by atoms with Gasteiger partial charge in [-0.1, -0.05) is 6.92 Å². The highest BCUT2D eigenvalue weighted by Gasteiger charge is 2.24. The zero-order valence-electron chi connectivity index (χ0n) is 11.1. The second kappa shape index (κ2) is 4.26. The average Bonchev–Trinajstić information content (AvgIpc) is 2.69. The van der Waals surface area contributed by atoms with Crippen LogP contribution in [0.15, 0.2) is 12.3 Å². The first-order valence-corrected chi connectivity index (χ1v) is 6.76. The van der Waals surface area contributed by atoms with Crippen LogP contribution < -0.4 is 5.73 Å². The molecule has 4 heteroatoms. The minimum Gasteiger partial charge on any atom is -0.369 e. The van der Waals surface area contributed by atoms with E-state index in [9.17, 15) is 0 Å². The smallest absolute Gasteiger partial charge is 0.202 e. The van der Waals surface area contributed by atoms with Gasteiger partial charge in [0, 0.05) is 12.2 Å². The maximum atomic E-state index is 6.10. The lowest BCUT2D eigenvalue weighted by molar-refractivity contribution is 0.295. The number of hydrogen-bond donors (Lipinski definition) is 1. The number of nitrogen functional groups attached to an aromatic ring is 1. The largest absolute Gasteiger partial charge is 0.369 e.